The number of hydrogen-bond acceptors (Lipinski definition) is 0. The summed E-state index contributed by atoms with van der Waals surface area (Å²) in [6.45, 7) is 7.24. The molecule has 0 unspecified atom stereocenters. The monoisotopic (exact) mass is 220 g/mol. The van der Waals surface area contributed by atoms with Gasteiger partial charge >= 0.3 is 0 Å². The molecule has 2 aliphatic rings. The van der Waals surface area contributed by atoms with E-state index in [1.807, 2.05) is 11.1 Å². The van der Waals surface area contributed by atoms with Gasteiger partial charge in [-0.3, -0.25) is 0 Å². The van der Waals surface area contributed by atoms with Gasteiger partial charge in [0.15, 0.2) is 0 Å². The van der Waals surface area contributed by atoms with Crippen LogP contribution in [0.25, 0.3) is 0 Å². The van der Waals surface area contributed by atoms with E-state index in [9.17, 15) is 0 Å². The molecule has 2 rings (SSSR count). The molecule has 0 bridgehead atoms. The first kappa shape index (κ1) is 12.2. The lowest BCUT2D eigenvalue weighted by Gasteiger charge is -2.34. The molecule has 0 radical (unpaired) electrons. The fraction of sp³-hybridized carbons (Fsp3) is 0.875. The quantitative estimate of drug-likeness (QED) is 0.551. The van der Waals surface area contributed by atoms with Gasteiger partial charge in [-0.05, 0) is 49.9 Å². The van der Waals surface area contributed by atoms with Gasteiger partial charge < -0.3 is 0 Å². The van der Waals surface area contributed by atoms with Crippen LogP contribution in [0.4, 0.5) is 0 Å². The molecule has 0 nitrogen and oxygen atoms in total. The third-order valence-corrected chi connectivity index (χ3v) is 4.68. The Labute approximate surface area is 102 Å². The molecule has 92 valence electrons. The molecular weight excluding hydrogens is 192 g/mol. The van der Waals surface area contributed by atoms with Crippen molar-refractivity contribution in [2.75, 3.05) is 0 Å². The standard InChI is InChI=1S/C16H28/c1-12(2)15-10-9-13(3)11-16(15)14-7-5-4-6-8-14/h12-14H,4-11H2,1-3H3/t13-/m0/s1. The van der Waals surface area contributed by atoms with Crippen LogP contribution >= 0.6 is 0 Å². The second kappa shape index (κ2) is 5.38. The fourth-order valence-corrected chi connectivity index (χ4v) is 3.71. The summed E-state index contributed by atoms with van der Waals surface area (Å²) in [7, 11) is 0. The topological polar surface area (TPSA) is 0 Å². The van der Waals surface area contributed by atoms with Crippen molar-refractivity contribution in [3.63, 3.8) is 0 Å². The van der Waals surface area contributed by atoms with Crippen LogP contribution in [0.3, 0.4) is 0 Å². The van der Waals surface area contributed by atoms with Crippen LogP contribution < -0.4 is 0 Å². The summed E-state index contributed by atoms with van der Waals surface area (Å²) in [5.41, 5.74) is 3.73. The maximum Gasteiger partial charge on any atom is -0.0200 e. The Bertz CT molecular complexity index is 253. The first-order chi connectivity index (χ1) is 7.68. The maximum atomic E-state index is 2.44. The third kappa shape index (κ3) is 2.70. The van der Waals surface area contributed by atoms with Gasteiger partial charge in [-0.1, -0.05) is 51.2 Å². The summed E-state index contributed by atoms with van der Waals surface area (Å²) in [5, 5.41) is 0. The first-order valence-corrected chi connectivity index (χ1v) is 7.40. The number of allylic oxidation sites excluding steroid dienone is 2. The Kier molecular flexibility index (Phi) is 4.10. The summed E-state index contributed by atoms with van der Waals surface area (Å²) < 4.78 is 0. The highest BCUT2D eigenvalue weighted by Crippen LogP contribution is 2.41. The predicted octanol–water partition coefficient (Wildman–Crippen LogP) is 5.34. The summed E-state index contributed by atoms with van der Waals surface area (Å²) >= 11 is 0. The second-order valence-electron chi connectivity index (χ2n) is 6.39. The van der Waals surface area contributed by atoms with E-state index in [0.29, 0.717) is 0 Å². The highest BCUT2D eigenvalue weighted by atomic mass is 14.3. The minimum atomic E-state index is 0.796. The molecule has 0 aromatic carbocycles. The summed E-state index contributed by atoms with van der Waals surface area (Å²) in [6, 6.07) is 0. The van der Waals surface area contributed by atoms with Crippen LogP contribution in [-0.4, -0.2) is 0 Å². The minimum absolute atomic E-state index is 0.796. The molecule has 1 atom stereocenters. The lowest BCUT2D eigenvalue weighted by Crippen LogP contribution is -2.19. The van der Waals surface area contributed by atoms with Crippen molar-refractivity contribution in [3.05, 3.63) is 11.1 Å². The average Bonchev–Trinajstić information content (AvgIpc) is 2.29. The van der Waals surface area contributed by atoms with Gasteiger partial charge in [0.25, 0.3) is 0 Å². The van der Waals surface area contributed by atoms with Crippen LogP contribution in [0, 0.1) is 17.8 Å². The Balaban J connectivity index is 2.17. The third-order valence-electron chi connectivity index (χ3n) is 4.68. The van der Waals surface area contributed by atoms with E-state index in [-0.39, 0.29) is 0 Å². The van der Waals surface area contributed by atoms with Crippen LogP contribution in [0.5, 0.6) is 0 Å². The van der Waals surface area contributed by atoms with Gasteiger partial charge in [0.2, 0.25) is 0 Å². The normalized spacial score (nSPS) is 28.9. The lowest BCUT2D eigenvalue weighted by molar-refractivity contribution is 0.355. The summed E-state index contributed by atoms with van der Waals surface area (Å²) in [6.07, 6.45) is 11.7. The van der Waals surface area contributed by atoms with Gasteiger partial charge in [0.1, 0.15) is 0 Å². The zero-order valence-corrected chi connectivity index (χ0v) is 11.4. The molecular formula is C16H28. The molecule has 16 heavy (non-hydrogen) atoms. The van der Waals surface area contributed by atoms with E-state index in [1.165, 1.54) is 51.4 Å². The van der Waals surface area contributed by atoms with Crippen molar-refractivity contribution in [2.24, 2.45) is 17.8 Å². The van der Waals surface area contributed by atoms with Crippen molar-refractivity contribution in [1.82, 2.24) is 0 Å². The van der Waals surface area contributed by atoms with Crippen molar-refractivity contribution >= 4 is 0 Å². The van der Waals surface area contributed by atoms with E-state index in [2.05, 4.69) is 20.8 Å². The number of hydrogen-bond donors (Lipinski definition) is 0. The minimum Gasteiger partial charge on any atom is -0.0682 e. The van der Waals surface area contributed by atoms with Crippen molar-refractivity contribution < 1.29 is 0 Å². The lowest BCUT2D eigenvalue weighted by atomic mass is 9.72. The number of rotatable bonds is 2. The Morgan fingerprint density at radius 2 is 1.69 bits per heavy atom. The van der Waals surface area contributed by atoms with Crippen LogP contribution in [0.15, 0.2) is 11.1 Å². The molecule has 0 aromatic heterocycles. The molecule has 0 aromatic rings. The molecule has 0 N–H and O–H groups in total. The van der Waals surface area contributed by atoms with Crippen molar-refractivity contribution in [2.45, 2.75) is 72.1 Å². The molecule has 0 aliphatic heterocycles. The van der Waals surface area contributed by atoms with Crippen molar-refractivity contribution in [1.29, 1.82) is 0 Å². The largest absolute Gasteiger partial charge is 0.0682 e. The van der Waals surface area contributed by atoms with Gasteiger partial charge in [-0.25, -0.2) is 0 Å². The van der Waals surface area contributed by atoms with E-state index >= 15 is 0 Å². The smallest absolute Gasteiger partial charge is 0.0200 e. The van der Waals surface area contributed by atoms with E-state index < -0.39 is 0 Å². The van der Waals surface area contributed by atoms with Crippen LogP contribution in [0.2, 0.25) is 0 Å². The van der Waals surface area contributed by atoms with Crippen molar-refractivity contribution in [3.8, 4) is 0 Å². The summed E-state index contributed by atoms with van der Waals surface area (Å²) in [5.74, 6) is 2.71. The SMILES string of the molecule is CC(C)C1=C(C2CCCCC2)C[C@@H](C)CC1. The predicted molar refractivity (Wildman–Crippen MR) is 71.5 cm³/mol. The van der Waals surface area contributed by atoms with Gasteiger partial charge in [-0.2, -0.15) is 0 Å². The average molecular weight is 220 g/mol. The molecule has 0 heterocycles. The van der Waals surface area contributed by atoms with Gasteiger partial charge in [0, 0.05) is 0 Å². The van der Waals surface area contributed by atoms with Crippen LogP contribution in [0.1, 0.15) is 72.1 Å². The highest BCUT2D eigenvalue weighted by molar-refractivity contribution is 5.22. The van der Waals surface area contributed by atoms with E-state index in [4.69, 9.17) is 0 Å². The first-order valence-electron chi connectivity index (χ1n) is 7.40. The molecule has 1 saturated carbocycles. The van der Waals surface area contributed by atoms with Crippen LogP contribution in [-0.2, 0) is 0 Å². The van der Waals surface area contributed by atoms with Gasteiger partial charge in [0.05, 0.1) is 0 Å². The zero-order valence-electron chi connectivity index (χ0n) is 11.4. The van der Waals surface area contributed by atoms with Gasteiger partial charge in [-0.15, -0.1) is 0 Å². The molecule has 0 amide bonds. The molecule has 0 spiro atoms. The fourth-order valence-electron chi connectivity index (χ4n) is 3.71. The zero-order chi connectivity index (χ0) is 11.5. The Hall–Kier alpha value is -0.260. The molecule has 0 saturated heterocycles. The summed E-state index contributed by atoms with van der Waals surface area (Å²) in [4.78, 5) is 0. The molecule has 1 fully saturated rings. The second-order valence-corrected chi connectivity index (χ2v) is 6.39. The Morgan fingerprint density at radius 1 is 1.00 bits per heavy atom. The Morgan fingerprint density at radius 3 is 2.31 bits per heavy atom. The molecule has 2 aliphatic carbocycles. The van der Waals surface area contributed by atoms with E-state index in [1.54, 1.807) is 0 Å². The van der Waals surface area contributed by atoms with E-state index in [0.717, 1.165) is 17.8 Å². The highest BCUT2D eigenvalue weighted by Gasteiger charge is 2.26. The molecule has 0 heteroatoms. The maximum absolute atomic E-state index is 2.44.